The van der Waals surface area contributed by atoms with Gasteiger partial charge in [-0.25, -0.2) is 0 Å². The van der Waals surface area contributed by atoms with Crippen molar-refractivity contribution in [2.75, 3.05) is 57.2 Å². The summed E-state index contributed by atoms with van der Waals surface area (Å²) in [5.74, 6) is 0.463. The van der Waals surface area contributed by atoms with Crippen LogP contribution in [0.4, 0.5) is 11.4 Å². The lowest BCUT2D eigenvalue weighted by molar-refractivity contribution is -0.117. The molecule has 0 bridgehead atoms. The van der Waals surface area contributed by atoms with E-state index < -0.39 is 0 Å². The molecule has 6 nitrogen and oxygen atoms in total. The van der Waals surface area contributed by atoms with E-state index in [1.54, 1.807) is 25.3 Å². The molecule has 7 heteroatoms. The van der Waals surface area contributed by atoms with E-state index in [4.69, 9.17) is 21.1 Å². The summed E-state index contributed by atoms with van der Waals surface area (Å²) in [6.45, 7) is 4.19. The van der Waals surface area contributed by atoms with Crippen LogP contribution in [0, 0.1) is 0 Å². The minimum absolute atomic E-state index is 0.119. The van der Waals surface area contributed by atoms with Crippen LogP contribution >= 0.6 is 11.6 Å². The van der Waals surface area contributed by atoms with Gasteiger partial charge in [0.25, 0.3) is 0 Å². The first-order valence-electron chi connectivity index (χ1n) is 9.29. The SMILES string of the molecule is COc1ccc(Cl)cc1NC(=O)CN(C)Cc1ccccc1N1CCOCC1. The van der Waals surface area contributed by atoms with Gasteiger partial charge in [0.15, 0.2) is 0 Å². The van der Waals surface area contributed by atoms with Crippen LogP contribution < -0.4 is 15.0 Å². The summed E-state index contributed by atoms with van der Waals surface area (Å²) >= 11 is 6.03. The van der Waals surface area contributed by atoms with Gasteiger partial charge in [-0.1, -0.05) is 29.8 Å². The van der Waals surface area contributed by atoms with E-state index in [2.05, 4.69) is 22.3 Å². The molecule has 1 heterocycles. The third kappa shape index (κ3) is 5.38. The number of rotatable bonds is 7. The van der Waals surface area contributed by atoms with Crippen molar-refractivity contribution in [2.24, 2.45) is 0 Å². The number of nitrogens with zero attached hydrogens (tertiary/aromatic N) is 2. The molecule has 3 rings (SSSR count). The Kier molecular flexibility index (Phi) is 7.14. The molecule has 2 aromatic carbocycles. The summed E-state index contributed by atoms with van der Waals surface area (Å²) in [5, 5.41) is 3.43. The van der Waals surface area contributed by atoms with Gasteiger partial charge in [0.05, 0.1) is 32.6 Å². The predicted octanol–water partition coefficient (Wildman–Crippen LogP) is 3.26. The zero-order chi connectivity index (χ0) is 19.9. The highest BCUT2D eigenvalue weighted by Gasteiger charge is 2.16. The number of hydrogen-bond donors (Lipinski definition) is 1. The number of likely N-dealkylation sites (N-methyl/N-ethyl adjacent to an activating group) is 1. The maximum absolute atomic E-state index is 12.5. The molecule has 0 unspecified atom stereocenters. The van der Waals surface area contributed by atoms with E-state index in [0.717, 1.165) is 26.3 Å². The molecular weight excluding hydrogens is 378 g/mol. The highest BCUT2D eigenvalue weighted by atomic mass is 35.5. The lowest BCUT2D eigenvalue weighted by atomic mass is 10.1. The Labute approximate surface area is 171 Å². The smallest absolute Gasteiger partial charge is 0.238 e. The summed E-state index contributed by atoms with van der Waals surface area (Å²) < 4.78 is 10.7. The quantitative estimate of drug-likeness (QED) is 0.769. The number of para-hydroxylation sites is 1. The maximum atomic E-state index is 12.5. The molecule has 0 aromatic heterocycles. The number of carbonyl (C=O) groups is 1. The number of morpholine rings is 1. The van der Waals surface area contributed by atoms with Crippen LogP contribution in [0.2, 0.25) is 5.02 Å². The molecule has 1 aliphatic heterocycles. The third-order valence-electron chi connectivity index (χ3n) is 4.63. The van der Waals surface area contributed by atoms with Gasteiger partial charge in [-0.3, -0.25) is 9.69 Å². The molecule has 2 aromatic rings. The normalized spacial score (nSPS) is 14.2. The molecule has 1 fully saturated rings. The number of hydrogen-bond acceptors (Lipinski definition) is 5. The Morgan fingerprint density at radius 1 is 1.25 bits per heavy atom. The van der Waals surface area contributed by atoms with Gasteiger partial charge in [-0.2, -0.15) is 0 Å². The summed E-state index contributed by atoms with van der Waals surface area (Å²) in [5.41, 5.74) is 2.97. The Morgan fingerprint density at radius 3 is 2.75 bits per heavy atom. The van der Waals surface area contributed by atoms with Crippen molar-refractivity contribution in [3.05, 3.63) is 53.1 Å². The minimum atomic E-state index is -0.119. The van der Waals surface area contributed by atoms with Gasteiger partial charge in [0.2, 0.25) is 5.91 Å². The van der Waals surface area contributed by atoms with E-state index in [0.29, 0.717) is 23.0 Å². The van der Waals surface area contributed by atoms with Crippen LogP contribution in [0.5, 0.6) is 5.75 Å². The second kappa shape index (κ2) is 9.78. The van der Waals surface area contributed by atoms with Gasteiger partial charge in [-0.05, 0) is 36.9 Å². The summed E-state index contributed by atoms with van der Waals surface area (Å²) in [7, 11) is 3.50. The molecule has 1 aliphatic rings. The first-order chi connectivity index (χ1) is 13.6. The van der Waals surface area contributed by atoms with E-state index in [1.165, 1.54) is 11.3 Å². The van der Waals surface area contributed by atoms with Crippen LogP contribution in [0.3, 0.4) is 0 Å². The summed E-state index contributed by atoms with van der Waals surface area (Å²) in [4.78, 5) is 16.8. The molecule has 28 heavy (non-hydrogen) atoms. The molecule has 1 N–H and O–H groups in total. The Morgan fingerprint density at radius 2 is 2.00 bits per heavy atom. The monoisotopic (exact) mass is 403 g/mol. The molecule has 0 saturated carbocycles. The number of nitrogens with one attached hydrogen (secondary N) is 1. The Bertz CT molecular complexity index is 809. The number of anilines is 2. The molecule has 0 spiro atoms. The number of amides is 1. The molecular formula is C21H26ClN3O3. The van der Waals surface area contributed by atoms with Crippen LogP contribution in [0.1, 0.15) is 5.56 Å². The van der Waals surface area contributed by atoms with E-state index in [-0.39, 0.29) is 12.5 Å². The van der Waals surface area contributed by atoms with Gasteiger partial charge in [-0.15, -0.1) is 0 Å². The fraction of sp³-hybridized carbons (Fsp3) is 0.381. The van der Waals surface area contributed by atoms with E-state index in [9.17, 15) is 4.79 Å². The van der Waals surface area contributed by atoms with Crippen molar-refractivity contribution < 1.29 is 14.3 Å². The van der Waals surface area contributed by atoms with E-state index in [1.807, 2.05) is 24.1 Å². The van der Waals surface area contributed by atoms with Gasteiger partial charge < -0.3 is 19.7 Å². The second-order valence-electron chi connectivity index (χ2n) is 6.79. The van der Waals surface area contributed by atoms with Crippen molar-refractivity contribution in [3.8, 4) is 5.75 Å². The topological polar surface area (TPSA) is 54.0 Å². The standard InChI is InChI=1S/C21H26ClN3O3/c1-24(15-21(26)23-18-13-17(22)7-8-20(18)27-2)14-16-5-3-4-6-19(16)25-9-11-28-12-10-25/h3-8,13H,9-12,14-15H2,1-2H3,(H,23,26). The average molecular weight is 404 g/mol. The highest BCUT2D eigenvalue weighted by Crippen LogP contribution is 2.28. The van der Waals surface area contributed by atoms with Crippen LogP contribution in [-0.2, 0) is 16.1 Å². The first-order valence-corrected chi connectivity index (χ1v) is 9.67. The minimum Gasteiger partial charge on any atom is -0.495 e. The molecule has 1 saturated heterocycles. The summed E-state index contributed by atoms with van der Waals surface area (Å²) in [6, 6.07) is 13.5. The first kappa shape index (κ1) is 20.5. The van der Waals surface area contributed by atoms with Crippen LogP contribution in [0.25, 0.3) is 0 Å². The highest BCUT2D eigenvalue weighted by molar-refractivity contribution is 6.31. The molecule has 1 amide bonds. The Balaban J connectivity index is 1.62. The number of benzene rings is 2. The third-order valence-corrected chi connectivity index (χ3v) is 4.87. The van der Waals surface area contributed by atoms with Gasteiger partial charge in [0, 0.05) is 30.3 Å². The molecule has 0 atom stereocenters. The second-order valence-corrected chi connectivity index (χ2v) is 7.23. The zero-order valence-corrected chi connectivity index (χ0v) is 17.0. The lowest BCUT2D eigenvalue weighted by Gasteiger charge is -2.31. The van der Waals surface area contributed by atoms with Crippen molar-refractivity contribution in [1.82, 2.24) is 4.90 Å². The van der Waals surface area contributed by atoms with Crippen LogP contribution in [0.15, 0.2) is 42.5 Å². The van der Waals surface area contributed by atoms with Gasteiger partial charge >= 0.3 is 0 Å². The van der Waals surface area contributed by atoms with Crippen molar-refractivity contribution in [2.45, 2.75) is 6.54 Å². The molecule has 0 aliphatic carbocycles. The zero-order valence-electron chi connectivity index (χ0n) is 16.3. The fourth-order valence-corrected chi connectivity index (χ4v) is 3.49. The number of ether oxygens (including phenoxy) is 2. The van der Waals surface area contributed by atoms with Crippen LogP contribution in [-0.4, -0.2) is 57.8 Å². The fourth-order valence-electron chi connectivity index (χ4n) is 3.32. The van der Waals surface area contributed by atoms with Crippen molar-refractivity contribution in [1.29, 1.82) is 0 Å². The maximum Gasteiger partial charge on any atom is 0.238 e. The largest absolute Gasteiger partial charge is 0.495 e. The van der Waals surface area contributed by atoms with Crippen molar-refractivity contribution >= 4 is 28.9 Å². The number of carbonyl (C=O) groups excluding carboxylic acids is 1. The predicted molar refractivity (Wildman–Crippen MR) is 112 cm³/mol. The molecule has 0 radical (unpaired) electrons. The number of methoxy groups -OCH3 is 1. The van der Waals surface area contributed by atoms with Crippen molar-refractivity contribution in [3.63, 3.8) is 0 Å². The average Bonchev–Trinajstić information content (AvgIpc) is 2.69. The lowest BCUT2D eigenvalue weighted by Crippen LogP contribution is -2.37. The van der Waals surface area contributed by atoms with E-state index >= 15 is 0 Å². The number of halogens is 1. The Hall–Kier alpha value is -2.28. The van der Waals surface area contributed by atoms with Gasteiger partial charge in [0.1, 0.15) is 5.75 Å². The summed E-state index contributed by atoms with van der Waals surface area (Å²) in [6.07, 6.45) is 0. The molecule has 150 valence electrons.